The van der Waals surface area contributed by atoms with Gasteiger partial charge in [0, 0.05) is 37.6 Å². The van der Waals surface area contributed by atoms with Crippen molar-refractivity contribution in [1.29, 1.82) is 0 Å². The number of pyridine rings is 1. The van der Waals surface area contributed by atoms with Crippen molar-refractivity contribution in [3.8, 4) is 11.5 Å². The van der Waals surface area contributed by atoms with Crippen LogP contribution in [0.5, 0.6) is 11.5 Å². The zero-order valence-corrected chi connectivity index (χ0v) is 19.8. The molecule has 0 spiro atoms. The van der Waals surface area contributed by atoms with Gasteiger partial charge in [-0.1, -0.05) is 48.5 Å². The van der Waals surface area contributed by atoms with E-state index in [4.69, 9.17) is 13.9 Å². The van der Waals surface area contributed by atoms with Gasteiger partial charge in [-0.3, -0.25) is 14.7 Å². The number of methoxy groups -OCH3 is 2. The second kappa shape index (κ2) is 11.8. The molecule has 0 aliphatic carbocycles. The molecule has 35 heavy (non-hydrogen) atoms. The molecule has 0 bridgehead atoms. The number of amides is 1. The summed E-state index contributed by atoms with van der Waals surface area (Å²) in [7, 11) is 3.25. The highest BCUT2D eigenvalue weighted by Gasteiger charge is 2.18. The van der Waals surface area contributed by atoms with Gasteiger partial charge in [-0.2, -0.15) is 0 Å². The van der Waals surface area contributed by atoms with Gasteiger partial charge in [0.05, 0.1) is 20.8 Å². The van der Waals surface area contributed by atoms with Crippen LogP contribution in [-0.4, -0.2) is 35.0 Å². The Morgan fingerprint density at radius 1 is 0.943 bits per heavy atom. The summed E-state index contributed by atoms with van der Waals surface area (Å²) in [5, 5.41) is 2.84. The van der Waals surface area contributed by atoms with Crippen molar-refractivity contribution < 1.29 is 18.7 Å². The molecule has 1 amide bonds. The Balaban J connectivity index is 1.49. The quantitative estimate of drug-likeness (QED) is 0.350. The lowest BCUT2D eigenvalue weighted by Crippen LogP contribution is -2.24. The maximum Gasteiger partial charge on any atom is 0.273 e. The average molecular weight is 473 g/mol. The molecule has 0 aliphatic rings. The number of oxazole rings is 1. The van der Waals surface area contributed by atoms with Gasteiger partial charge in [0.2, 0.25) is 5.89 Å². The van der Waals surface area contributed by atoms with Crippen LogP contribution in [0, 0.1) is 0 Å². The topological polar surface area (TPSA) is 89.7 Å². The third kappa shape index (κ3) is 6.45. The highest BCUT2D eigenvalue weighted by molar-refractivity contribution is 5.91. The molecule has 8 nitrogen and oxygen atoms in total. The fourth-order valence-corrected chi connectivity index (χ4v) is 3.78. The van der Waals surface area contributed by atoms with Gasteiger partial charge in [-0.25, -0.2) is 4.98 Å². The Morgan fingerprint density at radius 2 is 1.77 bits per heavy atom. The molecule has 0 radical (unpaired) electrons. The number of rotatable bonds is 11. The second-order valence-corrected chi connectivity index (χ2v) is 7.95. The SMILES string of the molecule is COc1cccc(CN(Cc2ccccc2)Cc2nc(C(=O)NCc3cccnc3)co2)c1OC. The molecule has 2 aromatic carbocycles. The molecule has 0 saturated carbocycles. The first-order valence-electron chi connectivity index (χ1n) is 11.2. The summed E-state index contributed by atoms with van der Waals surface area (Å²) in [6, 6.07) is 19.7. The molecule has 8 heteroatoms. The number of ether oxygens (including phenoxy) is 2. The van der Waals surface area contributed by atoms with Crippen LogP contribution in [0.25, 0.3) is 0 Å². The summed E-state index contributed by atoms with van der Waals surface area (Å²) in [6.07, 6.45) is 4.79. The van der Waals surface area contributed by atoms with E-state index >= 15 is 0 Å². The molecule has 2 heterocycles. The maximum absolute atomic E-state index is 12.6. The molecule has 4 aromatic rings. The van der Waals surface area contributed by atoms with E-state index in [-0.39, 0.29) is 11.6 Å². The monoisotopic (exact) mass is 472 g/mol. The Labute approximate surface area is 204 Å². The van der Waals surface area contributed by atoms with E-state index in [1.54, 1.807) is 26.6 Å². The Bertz CT molecular complexity index is 1230. The number of para-hydroxylation sites is 1. The smallest absolute Gasteiger partial charge is 0.273 e. The van der Waals surface area contributed by atoms with Crippen LogP contribution in [-0.2, 0) is 26.2 Å². The van der Waals surface area contributed by atoms with E-state index in [1.165, 1.54) is 6.26 Å². The number of nitrogens with one attached hydrogen (secondary N) is 1. The maximum atomic E-state index is 12.6. The van der Waals surface area contributed by atoms with Gasteiger partial charge in [-0.05, 0) is 23.3 Å². The van der Waals surface area contributed by atoms with Crippen LogP contribution in [0.2, 0.25) is 0 Å². The molecule has 2 aromatic heterocycles. The van der Waals surface area contributed by atoms with Gasteiger partial charge in [-0.15, -0.1) is 0 Å². The van der Waals surface area contributed by atoms with Crippen LogP contribution in [0.1, 0.15) is 33.1 Å². The van der Waals surface area contributed by atoms with E-state index in [0.29, 0.717) is 43.6 Å². The van der Waals surface area contributed by atoms with Crippen molar-refractivity contribution in [3.05, 3.63) is 108 Å². The Kier molecular flexibility index (Phi) is 8.08. The lowest BCUT2D eigenvalue weighted by atomic mass is 10.1. The Morgan fingerprint density at radius 3 is 2.51 bits per heavy atom. The lowest BCUT2D eigenvalue weighted by molar-refractivity contribution is 0.0945. The molecule has 0 fully saturated rings. The van der Waals surface area contributed by atoms with Crippen molar-refractivity contribution in [2.24, 2.45) is 0 Å². The van der Waals surface area contributed by atoms with Crippen LogP contribution in [0.15, 0.2) is 83.7 Å². The summed E-state index contributed by atoms with van der Waals surface area (Å²) in [5.74, 6) is 1.52. The standard InChI is InChI=1S/C27H28N4O4/c1-33-24-12-6-11-22(26(24)34-2)17-31(16-20-8-4-3-5-9-20)18-25-30-23(19-35-25)27(32)29-15-21-10-7-13-28-14-21/h3-14,19H,15-18H2,1-2H3,(H,29,32). The van der Waals surface area contributed by atoms with Crippen LogP contribution in [0.4, 0.5) is 0 Å². The van der Waals surface area contributed by atoms with E-state index in [0.717, 1.165) is 16.7 Å². The second-order valence-electron chi connectivity index (χ2n) is 7.95. The van der Waals surface area contributed by atoms with Gasteiger partial charge < -0.3 is 19.2 Å². The molecule has 0 aliphatic heterocycles. The molecular formula is C27H28N4O4. The number of hydrogen-bond donors (Lipinski definition) is 1. The summed E-state index contributed by atoms with van der Waals surface area (Å²) in [5.41, 5.74) is 3.27. The van der Waals surface area contributed by atoms with Gasteiger partial charge in [0.1, 0.15) is 6.26 Å². The van der Waals surface area contributed by atoms with Crippen molar-refractivity contribution in [2.75, 3.05) is 14.2 Å². The van der Waals surface area contributed by atoms with Crippen LogP contribution >= 0.6 is 0 Å². The number of aromatic nitrogens is 2. The van der Waals surface area contributed by atoms with E-state index < -0.39 is 0 Å². The molecule has 4 rings (SSSR count). The predicted molar refractivity (Wildman–Crippen MR) is 131 cm³/mol. The summed E-state index contributed by atoms with van der Waals surface area (Å²) in [4.78, 5) is 23.2. The fourth-order valence-electron chi connectivity index (χ4n) is 3.78. The molecule has 0 atom stereocenters. The van der Waals surface area contributed by atoms with Gasteiger partial charge in [0.25, 0.3) is 5.91 Å². The number of carbonyl (C=O) groups excluding carboxylic acids is 1. The summed E-state index contributed by atoms with van der Waals surface area (Å²) >= 11 is 0. The third-order valence-electron chi connectivity index (χ3n) is 5.45. The van der Waals surface area contributed by atoms with Crippen molar-refractivity contribution >= 4 is 5.91 Å². The molecule has 1 N–H and O–H groups in total. The summed E-state index contributed by atoms with van der Waals surface area (Å²) in [6.45, 7) is 2.00. The van der Waals surface area contributed by atoms with Gasteiger partial charge >= 0.3 is 0 Å². The normalized spacial score (nSPS) is 10.8. The van der Waals surface area contributed by atoms with Crippen molar-refractivity contribution in [2.45, 2.75) is 26.2 Å². The number of carbonyl (C=O) groups is 1. The first-order valence-corrected chi connectivity index (χ1v) is 11.2. The van der Waals surface area contributed by atoms with E-state index in [1.807, 2.05) is 48.5 Å². The predicted octanol–water partition coefficient (Wildman–Crippen LogP) is 4.22. The highest BCUT2D eigenvalue weighted by atomic mass is 16.5. The molecule has 0 saturated heterocycles. The highest BCUT2D eigenvalue weighted by Crippen LogP contribution is 2.32. The first kappa shape index (κ1) is 24.0. The van der Waals surface area contributed by atoms with E-state index in [2.05, 4.69) is 32.3 Å². The van der Waals surface area contributed by atoms with Crippen molar-refractivity contribution in [3.63, 3.8) is 0 Å². The molecule has 180 valence electrons. The molecular weight excluding hydrogens is 444 g/mol. The minimum Gasteiger partial charge on any atom is -0.493 e. The largest absolute Gasteiger partial charge is 0.493 e. The average Bonchev–Trinajstić information content (AvgIpc) is 3.37. The first-order chi connectivity index (χ1) is 17.2. The van der Waals surface area contributed by atoms with E-state index in [9.17, 15) is 4.79 Å². The van der Waals surface area contributed by atoms with Crippen LogP contribution < -0.4 is 14.8 Å². The number of benzene rings is 2. The minimum atomic E-state index is -0.298. The van der Waals surface area contributed by atoms with Crippen LogP contribution in [0.3, 0.4) is 0 Å². The van der Waals surface area contributed by atoms with Crippen molar-refractivity contribution in [1.82, 2.24) is 20.2 Å². The molecule has 0 unspecified atom stereocenters. The number of nitrogens with zero attached hydrogens (tertiary/aromatic N) is 3. The summed E-state index contributed by atoms with van der Waals surface area (Å²) < 4.78 is 16.7. The third-order valence-corrected chi connectivity index (χ3v) is 5.45. The fraction of sp³-hybridized carbons (Fsp3) is 0.222. The lowest BCUT2D eigenvalue weighted by Gasteiger charge is -2.23. The zero-order valence-electron chi connectivity index (χ0n) is 19.8. The van der Waals surface area contributed by atoms with Gasteiger partial charge in [0.15, 0.2) is 17.2 Å². The number of hydrogen-bond acceptors (Lipinski definition) is 7. The Hall–Kier alpha value is -4.17. The zero-order chi connectivity index (χ0) is 24.5. The minimum absolute atomic E-state index is 0.238.